The molecule has 0 nitrogen and oxygen atoms in total. The Labute approximate surface area is 237 Å². The van der Waals surface area contributed by atoms with Gasteiger partial charge in [-0.05, 0) is 93.2 Å². The Morgan fingerprint density at radius 1 is 0.921 bits per heavy atom. The molecule has 0 spiro atoms. The van der Waals surface area contributed by atoms with E-state index in [9.17, 15) is 0 Å². The Hall–Kier alpha value is -2.86. The van der Waals surface area contributed by atoms with E-state index >= 15 is 0 Å². The molecule has 1 aliphatic rings. The second kappa shape index (κ2) is 20.1. The minimum Gasteiger partial charge on any atom is -0.0988 e. The fourth-order valence-corrected chi connectivity index (χ4v) is 4.70. The summed E-state index contributed by atoms with van der Waals surface area (Å²) in [7, 11) is 0. The van der Waals surface area contributed by atoms with Crippen molar-refractivity contribution in [2.45, 2.75) is 101 Å². The zero-order valence-corrected chi connectivity index (χ0v) is 26.4. The maximum Gasteiger partial charge on any atom is 0.00524 e. The summed E-state index contributed by atoms with van der Waals surface area (Å²) in [5.74, 6) is 0.554. The van der Waals surface area contributed by atoms with Gasteiger partial charge in [0.15, 0.2) is 0 Å². The van der Waals surface area contributed by atoms with Gasteiger partial charge in [0.1, 0.15) is 0 Å². The molecule has 2 aromatic rings. The quantitative estimate of drug-likeness (QED) is 0.308. The van der Waals surface area contributed by atoms with Gasteiger partial charge in [0.25, 0.3) is 0 Å². The van der Waals surface area contributed by atoms with Crippen LogP contribution in [0.25, 0.3) is 5.57 Å². The summed E-state index contributed by atoms with van der Waals surface area (Å²) in [4.78, 5) is 0. The highest BCUT2D eigenvalue weighted by Crippen LogP contribution is 2.26. The summed E-state index contributed by atoms with van der Waals surface area (Å²) in [6.45, 7) is 29.0. The fraction of sp³-hybridized carbons (Fsp3) is 0.421. The first kappa shape index (κ1) is 35.1. The minimum absolute atomic E-state index is 0.554. The van der Waals surface area contributed by atoms with Crippen LogP contribution in [-0.4, -0.2) is 0 Å². The van der Waals surface area contributed by atoms with Crippen LogP contribution in [0, 0.1) is 19.8 Å². The van der Waals surface area contributed by atoms with E-state index in [-0.39, 0.29) is 0 Å². The summed E-state index contributed by atoms with van der Waals surface area (Å²) in [6.07, 6.45) is 16.5. The average Bonchev–Trinajstić information content (AvgIpc) is 2.96. The Bertz CT molecular complexity index is 1070. The molecule has 0 radical (unpaired) electrons. The summed E-state index contributed by atoms with van der Waals surface area (Å²) >= 11 is 0. The van der Waals surface area contributed by atoms with E-state index in [1.165, 1.54) is 50.1 Å². The number of aryl methyl sites for hydroxylation is 5. The van der Waals surface area contributed by atoms with E-state index in [1.807, 2.05) is 33.8 Å². The molecule has 0 N–H and O–H groups in total. The summed E-state index contributed by atoms with van der Waals surface area (Å²) in [5, 5.41) is 0. The van der Waals surface area contributed by atoms with E-state index < -0.39 is 0 Å². The molecule has 1 atom stereocenters. The van der Waals surface area contributed by atoms with E-state index in [0.717, 1.165) is 32.1 Å². The van der Waals surface area contributed by atoms with E-state index in [4.69, 9.17) is 0 Å². The molecular weight excluding hydrogens is 456 g/mol. The lowest BCUT2D eigenvalue weighted by Gasteiger charge is -2.16. The van der Waals surface area contributed by atoms with Gasteiger partial charge in [0, 0.05) is 5.92 Å². The molecule has 0 bridgehead atoms. The van der Waals surface area contributed by atoms with Gasteiger partial charge >= 0.3 is 0 Å². The minimum atomic E-state index is 0.554. The maximum absolute atomic E-state index is 4.18. The molecule has 0 heterocycles. The lowest BCUT2D eigenvalue weighted by Crippen LogP contribution is -2.01. The van der Waals surface area contributed by atoms with Gasteiger partial charge in [0.05, 0.1) is 0 Å². The highest BCUT2D eigenvalue weighted by Gasteiger charge is 2.10. The first-order valence-electron chi connectivity index (χ1n) is 14.8. The van der Waals surface area contributed by atoms with Crippen molar-refractivity contribution in [3.63, 3.8) is 0 Å². The molecule has 1 aliphatic carbocycles. The topological polar surface area (TPSA) is 0 Å². The average molecular weight is 513 g/mol. The Morgan fingerprint density at radius 2 is 1.55 bits per heavy atom. The summed E-state index contributed by atoms with van der Waals surface area (Å²) < 4.78 is 0. The first-order valence-corrected chi connectivity index (χ1v) is 14.8. The third-order valence-corrected chi connectivity index (χ3v) is 6.80. The predicted molar refractivity (Wildman–Crippen MR) is 176 cm³/mol. The fourth-order valence-electron chi connectivity index (χ4n) is 4.70. The molecule has 0 saturated heterocycles. The first-order chi connectivity index (χ1) is 18.3. The predicted octanol–water partition coefficient (Wildman–Crippen LogP) is 11.8. The van der Waals surface area contributed by atoms with Crippen molar-refractivity contribution in [3.8, 4) is 0 Å². The van der Waals surface area contributed by atoms with Gasteiger partial charge in [-0.2, -0.15) is 0 Å². The Morgan fingerprint density at radius 3 is 2.05 bits per heavy atom. The van der Waals surface area contributed by atoms with Crippen LogP contribution in [0.1, 0.15) is 102 Å². The molecule has 0 saturated carbocycles. The van der Waals surface area contributed by atoms with Gasteiger partial charge in [-0.1, -0.05) is 138 Å². The highest BCUT2D eigenvalue weighted by molar-refractivity contribution is 5.68. The number of allylic oxidation sites excluding steroid dienone is 8. The van der Waals surface area contributed by atoms with Crippen LogP contribution in [0.15, 0.2) is 91.1 Å². The van der Waals surface area contributed by atoms with Gasteiger partial charge in [-0.3, -0.25) is 0 Å². The molecule has 3 rings (SSSR count). The number of rotatable bonds is 8. The maximum atomic E-state index is 4.18. The zero-order valence-electron chi connectivity index (χ0n) is 26.4. The SMILES string of the molecule is C=C(C)c1c(CC)cccc1CCc1cc(C)ccc1C.C=C/C(=C\C)C1C=CC(CC)=CC1.CC.CC. The zero-order chi connectivity index (χ0) is 29.1. The van der Waals surface area contributed by atoms with Crippen LogP contribution in [0.4, 0.5) is 0 Å². The van der Waals surface area contributed by atoms with Crippen molar-refractivity contribution < 1.29 is 0 Å². The Balaban J connectivity index is 0.000000692. The molecular formula is C38H56. The molecule has 38 heavy (non-hydrogen) atoms. The van der Waals surface area contributed by atoms with Crippen LogP contribution >= 0.6 is 0 Å². The van der Waals surface area contributed by atoms with Gasteiger partial charge in [0.2, 0.25) is 0 Å². The van der Waals surface area contributed by atoms with Crippen molar-refractivity contribution in [1.82, 2.24) is 0 Å². The lowest BCUT2D eigenvalue weighted by atomic mass is 9.89. The van der Waals surface area contributed by atoms with Crippen molar-refractivity contribution in [3.05, 3.63) is 124 Å². The monoisotopic (exact) mass is 512 g/mol. The van der Waals surface area contributed by atoms with Crippen LogP contribution in [-0.2, 0) is 19.3 Å². The number of benzene rings is 2. The largest absolute Gasteiger partial charge is 0.0988 e. The lowest BCUT2D eigenvalue weighted by molar-refractivity contribution is 0.773. The standard InChI is InChI=1S/C21H26.C13H18.2C2H6/c1-6-18-8-7-9-19(21(18)15(2)3)12-13-20-14-16(4)10-11-17(20)5;1-4-11-7-9-13(10-8-11)12(5-2)6-3;2*1-2/h7-11,14H,2,6,12-13H2,1,3-5H3;5-9,13H,2,4,10H2,1,3H3;2*1-2H3/b;12-6+;;. The molecule has 0 aromatic heterocycles. The van der Waals surface area contributed by atoms with E-state index in [1.54, 1.807) is 0 Å². The second-order valence-electron chi connectivity index (χ2n) is 9.34. The molecule has 0 aliphatic heterocycles. The van der Waals surface area contributed by atoms with Crippen LogP contribution in [0.5, 0.6) is 0 Å². The molecule has 0 fully saturated rings. The smallest absolute Gasteiger partial charge is 0.00524 e. The summed E-state index contributed by atoms with van der Waals surface area (Å²) in [5.41, 5.74) is 12.4. The van der Waals surface area contributed by atoms with Crippen LogP contribution in [0.3, 0.4) is 0 Å². The van der Waals surface area contributed by atoms with Gasteiger partial charge in [-0.25, -0.2) is 0 Å². The molecule has 208 valence electrons. The summed E-state index contributed by atoms with van der Waals surface area (Å²) in [6, 6.07) is 13.4. The normalized spacial score (nSPS) is 14.0. The van der Waals surface area contributed by atoms with Gasteiger partial charge in [-0.15, -0.1) is 0 Å². The van der Waals surface area contributed by atoms with E-state index in [0.29, 0.717) is 5.92 Å². The number of hydrogen-bond acceptors (Lipinski definition) is 0. The van der Waals surface area contributed by atoms with E-state index in [2.05, 4.69) is 115 Å². The molecule has 1 unspecified atom stereocenters. The molecule has 2 aromatic carbocycles. The molecule has 0 amide bonds. The Kier molecular flexibility index (Phi) is 18.6. The number of hydrogen-bond donors (Lipinski definition) is 0. The van der Waals surface area contributed by atoms with Crippen molar-refractivity contribution >= 4 is 5.57 Å². The van der Waals surface area contributed by atoms with Crippen LogP contribution in [0.2, 0.25) is 0 Å². The van der Waals surface area contributed by atoms with Gasteiger partial charge < -0.3 is 0 Å². The second-order valence-corrected chi connectivity index (χ2v) is 9.34. The van der Waals surface area contributed by atoms with Crippen molar-refractivity contribution in [2.75, 3.05) is 0 Å². The highest BCUT2D eigenvalue weighted by atomic mass is 14.2. The van der Waals surface area contributed by atoms with Crippen molar-refractivity contribution in [1.29, 1.82) is 0 Å². The third kappa shape index (κ3) is 11.3. The third-order valence-electron chi connectivity index (χ3n) is 6.80. The molecule has 0 heteroatoms. The van der Waals surface area contributed by atoms with Crippen molar-refractivity contribution in [2.24, 2.45) is 5.92 Å². The van der Waals surface area contributed by atoms with Crippen LogP contribution < -0.4 is 0 Å².